The maximum Gasteiger partial charge on any atom is 0.253 e. The van der Waals surface area contributed by atoms with Crippen molar-refractivity contribution in [3.8, 4) is 0 Å². The summed E-state index contributed by atoms with van der Waals surface area (Å²) in [5.74, 6) is 0.655. The maximum absolute atomic E-state index is 12.9. The van der Waals surface area contributed by atoms with Gasteiger partial charge in [-0.3, -0.25) is 14.7 Å². The van der Waals surface area contributed by atoms with Gasteiger partial charge < -0.3 is 10.2 Å². The van der Waals surface area contributed by atoms with Crippen molar-refractivity contribution in [3.63, 3.8) is 0 Å². The fourth-order valence-electron chi connectivity index (χ4n) is 3.80. The smallest absolute Gasteiger partial charge is 0.253 e. The third-order valence-corrected chi connectivity index (χ3v) is 5.50. The highest BCUT2D eigenvalue weighted by molar-refractivity contribution is 5.94. The molecule has 3 aromatic rings. The molecule has 31 heavy (non-hydrogen) atoms. The normalized spacial score (nSPS) is 14.5. The third-order valence-electron chi connectivity index (χ3n) is 5.50. The molecule has 4 rings (SSSR count). The molecular formula is C24H28N6O. The molecule has 1 N–H and O–H groups in total. The van der Waals surface area contributed by atoms with Gasteiger partial charge in [0, 0.05) is 67.8 Å². The van der Waals surface area contributed by atoms with Crippen LogP contribution in [0.5, 0.6) is 0 Å². The number of benzene rings is 1. The van der Waals surface area contributed by atoms with E-state index in [-0.39, 0.29) is 5.91 Å². The van der Waals surface area contributed by atoms with Crippen molar-refractivity contribution in [2.75, 3.05) is 38.0 Å². The maximum atomic E-state index is 12.9. The predicted octanol–water partition coefficient (Wildman–Crippen LogP) is 3.23. The zero-order valence-electron chi connectivity index (χ0n) is 18.1. The van der Waals surface area contributed by atoms with Crippen LogP contribution in [0.1, 0.15) is 27.3 Å². The molecule has 1 amide bonds. The lowest BCUT2D eigenvalue weighted by Gasteiger charge is -2.34. The molecule has 0 atom stereocenters. The summed E-state index contributed by atoms with van der Waals surface area (Å²) in [4.78, 5) is 30.1. The highest BCUT2D eigenvalue weighted by atomic mass is 16.2. The molecule has 0 bridgehead atoms. The second kappa shape index (κ2) is 9.66. The third kappa shape index (κ3) is 5.64. The van der Waals surface area contributed by atoms with Crippen molar-refractivity contribution in [1.29, 1.82) is 0 Å². The van der Waals surface area contributed by atoms with Crippen LogP contribution in [0.25, 0.3) is 0 Å². The van der Waals surface area contributed by atoms with Crippen molar-refractivity contribution in [2.45, 2.75) is 20.3 Å². The lowest BCUT2D eigenvalue weighted by atomic mass is 10.1. The number of pyridine rings is 1. The van der Waals surface area contributed by atoms with Gasteiger partial charge >= 0.3 is 0 Å². The Morgan fingerprint density at radius 1 is 0.935 bits per heavy atom. The molecule has 0 radical (unpaired) electrons. The SMILES string of the molecule is Cc1cc(C)nc(Nc2ccc(C(=O)N3CCN(CCc4ccncc4)CC3)cc2)n1. The second-order valence-corrected chi connectivity index (χ2v) is 7.92. The van der Waals surface area contributed by atoms with E-state index >= 15 is 0 Å². The highest BCUT2D eigenvalue weighted by Crippen LogP contribution is 2.17. The van der Waals surface area contributed by atoms with Gasteiger partial charge in [0.1, 0.15) is 0 Å². The van der Waals surface area contributed by atoms with Crippen LogP contribution < -0.4 is 5.32 Å². The fraction of sp³-hybridized carbons (Fsp3) is 0.333. The summed E-state index contributed by atoms with van der Waals surface area (Å²) >= 11 is 0. The number of carbonyl (C=O) groups excluding carboxylic acids is 1. The van der Waals surface area contributed by atoms with Gasteiger partial charge in [-0.05, 0) is 68.3 Å². The van der Waals surface area contributed by atoms with Gasteiger partial charge in [0.15, 0.2) is 0 Å². The minimum atomic E-state index is 0.0861. The Morgan fingerprint density at radius 2 is 1.58 bits per heavy atom. The molecule has 0 aliphatic carbocycles. The Hall–Kier alpha value is -3.32. The number of anilines is 2. The quantitative estimate of drug-likeness (QED) is 0.665. The minimum absolute atomic E-state index is 0.0861. The van der Waals surface area contributed by atoms with Crippen LogP contribution >= 0.6 is 0 Å². The number of rotatable bonds is 6. The lowest BCUT2D eigenvalue weighted by Crippen LogP contribution is -2.49. The van der Waals surface area contributed by atoms with Crippen LogP contribution in [-0.4, -0.2) is 63.4 Å². The molecule has 160 valence electrons. The molecule has 0 unspecified atom stereocenters. The van der Waals surface area contributed by atoms with E-state index in [2.05, 4.69) is 37.3 Å². The predicted molar refractivity (Wildman–Crippen MR) is 122 cm³/mol. The van der Waals surface area contributed by atoms with Crippen LogP contribution in [0, 0.1) is 13.8 Å². The number of hydrogen-bond acceptors (Lipinski definition) is 6. The number of piperazine rings is 1. The van der Waals surface area contributed by atoms with Crippen molar-refractivity contribution >= 4 is 17.5 Å². The van der Waals surface area contributed by atoms with Crippen molar-refractivity contribution < 1.29 is 4.79 Å². The van der Waals surface area contributed by atoms with Crippen LogP contribution in [0.15, 0.2) is 54.9 Å². The summed E-state index contributed by atoms with van der Waals surface area (Å²) in [5.41, 5.74) is 4.71. The first-order valence-electron chi connectivity index (χ1n) is 10.7. The molecule has 0 saturated carbocycles. The average molecular weight is 417 g/mol. The Morgan fingerprint density at radius 3 is 2.23 bits per heavy atom. The van der Waals surface area contributed by atoms with Gasteiger partial charge in [0.2, 0.25) is 5.95 Å². The first-order valence-corrected chi connectivity index (χ1v) is 10.7. The van der Waals surface area contributed by atoms with Crippen LogP contribution in [0.3, 0.4) is 0 Å². The van der Waals surface area contributed by atoms with Gasteiger partial charge in [-0.25, -0.2) is 9.97 Å². The minimum Gasteiger partial charge on any atom is -0.336 e. The number of aryl methyl sites for hydroxylation is 2. The van der Waals surface area contributed by atoms with Crippen LogP contribution in [0.4, 0.5) is 11.6 Å². The van der Waals surface area contributed by atoms with Crippen LogP contribution in [-0.2, 0) is 6.42 Å². The first-order chi connectivity index (χ1) is 15.1. The van der Waals surface area contributed by atoms with Crippen LogP contribution in [0.2, 0.25) is 0 Å². The topological polar surface area (TPSA) is 74.2 Å². The summed E-state index contributed by atoms with van der Waals surface area (Å²) in [6, 6.07) is 13.6. The summed E-state index contributed by atoms with van der Waals surface area (Å²) in [5, 5.41) is 3.21. The van der Waals surface area contributed by atoms with E-state index < -0.39 is 0 Å². The zero-order valence-corrected chi connectivity index (χ0v) is 18.1. The molecule has 0 spiro atoms. The van der Waals surface area contributed by atoms with E-state index in [1.165, 1.54) is 5.56 Å². The Kier molecular flexibility index (Phi) is 6.52. The molecule has 3 heterocycles. The number of hydrogen-bond donors (Lipinski definition) is 1. The van der Waals surface area contributed by atoms with E-state index in [0.717, 1.165) is 56.2 Å². The molecule has 1 aliphatic rings. The summed E-state index contributed by atoms with van der Waals surface area (Å²) < 4.78 is 0. The van der Waals surface area contributed by atoms with Crippen molar-refractivity contribution in [3.05, 3.63) is 77.4 Å². The molecule has 7 nitrogen and oxygen atoms in total. The van der Waals surface area contributed by atoms with E-state index in [1.54, 1.807) is 0 Å². The number of amides is 1. The standard InChI is InChI=1S/C24H28N6O/c1-18-17-19(2)27-24(26-18)28-22-5-3-21(4-6-22)23(31)30-15-13-29(14-16-30)12-9-20-7-10-25-11-8-20/h3-8,10-11,17H,9,12-16H2,1-2H3,(H,26,27,28). The summed E-state index contributed by atoms with van der Waals surface area (Å²) in [6.07, 6.45) is 4.68. The lowest BCUT2D eigenvalue weighted by molar-refractivity contribution is 0.0638. The van der Waals surface area contributed by atoms with Crippen molar-refractivity contribution in [1.82, 2.24) is 24.8 Å². The molecular weight excluding hydrogens is 388 g/mol. The molecule has 7 heteroatoms. The Labute approximate surface area is 183 Å². The largest absolute Gasteiger partial charge is 0.336 e. The molecule has 1 aromatic carbocycles. The Bertz CT molecular complexity index is 994. The van der Waals surface area contributed by atoms with Gasteiger partial charge in [0.05, 0.1) is 0 Å². The molecule has 1 aliphatic heterocycles. The van der Waals surface area contributed by atoms with E-state index in [4.69, 9.17) is 0 Å². The molecule has 1 saturated heterocycles. The Balaban J connectivity index is 1.28. The number of nitrogens with one attached hydrogen (secondary N) is 1. The average Bonchev–Trinajstić information content (AvgIpc) is 2.78. The van der Waals surface area contributed by atoms with E-state index in [9.17, 15) is 4.79 Å². The summed E-state index contributed by atoms with van der Waals surface area (Å²) in [6.45, 7) is 8.21. The molecule has 1 fully saturated rings. The number of aromatic nitrogens is 3. The van der Waals surface area contributed by atoms with E-state index in [1.807, 2.05) is 61.5 Å². The van der Waals surface area contributed by atoms with E-state index in [0.29, 0.717) is 11.5 Å². The first kappa shape index (κ1) is 20.9. The van der Waals surface area contributed by atoms with Gasteiger partial charge in [-0.15, -0.1) is 0 Å². The monoisotopic (exact) mass is 416 g/mol. The second-order valence-electron chi connectivity index (χ2n) is 7.92. The van der Waals surface area contributed by atoms with Gasteiger partial charge in [0.25, 0.3) is 5.91 Å². The summed E-state index contributed by atoms with van der Waals surface area (Å²) in [7, 11) is 0. The van der Waals surface area contributed by atoms with Gasteiger partial charge in [-0.1, -0.05) is 0 Å². The fourth-order valence-corrected chi connectivity index (χ4v) is 3.80. The van der Waals surface area contributed by atoms with Crippen molar-refractivity contribution in [2.24, 2.45) is 0 Å². The highest BCUT2D eigenvalue weighted by Gasteiger charge is 2.22. The molecule has 2 aromatic heterocycles. The number of nitrogens with zero attached hydrogens (tertiary/aromatic N) is 5. The van der Waals surface area contributed by atoms with Gasteiger partial charge in [-0.2, -0.15) is 0 Å². The number of carbonyl (C=O) groups is 1. The zero-order chi connectivity index (χ0) is 21.6.